The summed E-state index contributed by atoms with van der Waals surface area (Å²) < 4.78 is 5.32. The quantitative estimate of drug-likeness (QED) is 0.701. The molecule has 3 heterocycles. The first-order chi connectivity index (χ1) is 7.24. The van der Waals surface area contributed by atoms with Crippen LogP contribution in [0.1, 0.15) is 36.9 Å². The topological polar surface area (TPSA) is 42.2 Å². The standard InChI is InChI=1S/C11H17N3O/c1-7-12-11(15-13-7)9-5-8-3-4-10(9)14(2)6-8/h8-10H,3-6H2,1-2H3/t8-,9-,10+/m0/s1. The Morgan fingerprint density at radius 2 is 2.27 bits per heavy atom. The van der Waals surface area contributed by atoms with Gasteiger partial charge in [0.2, 0.25) is 5.89 Å². The lowest BCUT2D eigenvalue weighted by atomic mass is 9.73. The summed E-state index contributed by atoms with van der Waals surface area (Å²) in [5.41, 5.74) is 0. The molecule has 4 nitrogen and oxygen atoms in total. The van der Waals surface area contributed by atoms with Gasteiger partial charge in [0.25, 0.3) is 0 Å². The van der Waals surface area contributed by atoms with E-state index in [1.54, 1.807) is 0 Å². The molecule has 0 radical (unpaired) electrons. The van der Waals surface area contributed by atoms with Crippen molar-refractivity contribution in [3.63, 3.8) is 0 Å². The van der Waals surface area contributed by atoms with E-state index in [0.717, 1.165) is 17.6 Å². The van der Waals surface area contributed by atoms with Crippen molar-refractivity contribution in [3.05, 3.63) is 11.7 Å². The molecule has 0 aromatic carbocycles. The van der Waals surface area contributed by atoms with E-state index in [4.69, 9.17) is 4.52 Å². The van der Waals surface area contributed by atoms with Crippen LogP contribution in [0.15, 0.2) is 4.52 Å². The van der Waals surface area contributed by atoms with E-state index in [0.29, 0.717) is 12.0 Å². The van der Waals surface area contributed by atoms with Gasteiger partial charge in [-0.2, -0.15) is 4.98 Å². The monoisotopic (exact) mass is 207 g/mol. The Morgan fingerprint density at radius 3 is 2.87 bits per heavy atom. The van der Waals surface area contributed by atoms with Crippen LogP contribution in [-0.2, 0) is 0 Å². The first kappa shape index (κ1) is 9.33. The van der Waals surface area contributed by atoms with Gasteiger partial charge in [-0.05, 0) is 39.2 Å². The van der Waals surface area contributed by atoms with Crippen LogP contribution >= 0.6 is 0 Å². The maximum absolute atomic E-state index is 5.32. The van der Waals surface area contributed by atoms with Gasteiger partial charge >= 0.3 is 0 Å². The molecular weight excluding hydrogens is 190 g/mol. The average Bonchev–Trinajstić information content (AvgIpc) is 2.65. The van der Waals surface area contributed by atoms with Crippen LogP contribution < -0.4 is 0 Å². The van der Waals surface area contributed by atoms with Gasteiger partial charge in [0.15, 0.2) is 5.82 Å². The van der Waals surface area contributed by atoms with Crippen LogP contribution in [0.4, 0.5) is 0 Å². The van der Waals surface area contributed by atoms with E-state index >= 15 is 0 Å². The van der Waals surface area contributed by atoms with Gasteiger partial charge in [-0.25, -0.2) is 0 Å². The molecule has 3 aliphatic rings. The summed E-state index contributed by atoms with van der Waals surface area (Å²) >= 11 is 0. The molecule has 3 atom stereocenters. The van der Waals surface area contributed by atoms with Crippen molar-refractivity contribution >= 4 is 0 Å². The summed E-state index contributed by atoms with van der Waals surface area (Å²) in [5, 5.41) is 3.90. The van der Waals surface area contributed by atoms with E-state index in [9.17, 15) is 0 Å². The highest BCUT2D eigenvalue weighted by atomic mass is 16.5. The fourth-order valence-corrected chi connectivity index (χ4v) is 3.21. The van der Waals surface area contributed by atoms with Gasteiger partial charge in [-0.3, -0.25) is 0 Å². The minimum Gasteiger partial charge on any atom is -0.339 e. The largest absolute Gasteiger partial charge is 0.339 e. The van der Waals surface area contributed by atoms with Gasteiger partial charge in [-0.1, -0.05) is 5.16 Å². The van der Waals surface area contributed by atoms with Crippen LogP contribution in [0.25, 0.3) is 0 Å². The van der Waals surface area contributed by atoms with Crippen molar-refractivity contribution < 1.29 is 4.52 Å². The van der Waals surface area contributed by atoms with Gasteiger partial charge in [-0.15, -0.1) is 0 Å². The summed E-state index contributed by atoms with van der Waals surface area (Å²) in [7, 11) is 2.21. The molecule has 2 bridgehead atoms. The third-order valence-electron chi connectivity index (χ3n) is 3.90. The number of hydrogen-bond donors (Lipinski definition) is 0. The summed E-state index contributed by atoms with van der Waals surface area (Å²) in [6.07, 6.45) is 3.89. The number of fused-ring (bicyclic) bond motifs is 3. The average molecular weight is 207 g/mol. The number of aryl methyl sites for hydroxylation is 1. The number of likely N-dealkylation sites (N-methyl/N-ethyl adjacent to an activating group) is 1. The summed E-state index contributed by atoms with van der Waals surface area (Å²) in [4.78, 5) is 6.84. The number of hydrogen-bond acceptors (Lipinski definition) is 4. The number of rotatable bonds is 1. The van der Waals surface area contributed by atoms with Crippen molar-refractivity contribution in [1.82, 2.24) is 15.0 Å². The Bertz CT molecular complexity index is 362. The molecule has 1 aliphatic carbocycles. The normalized spacial score (nSPS) is 36.0. The van der Waals surface area contributed by atoms with E-state index in [-0.39, 0.29) is 0 Å². The molecule has 3 fully saturated rings. The lowest BCUT2D eigenvalue weighted by Crippen LogP contribution is -2.50. The second-order valence-corrected chi connectivity index (χ2v) is 4.97. The fourth-order valence-electron chi connectivity index (χ4n) is 3.21. The minimum atomic E-state index is 0.476. The third-order valence-corrected chi connectivity index (χ3v) is 3.90. The number of aromatic nitrogens is 2. The first-order valence-electron chi connectivity index (χ1n) is 5.74. The zero-order valence-corrected chi connectivity index (χ0v) is 9.31. The van der Waals surface area contributed by atoms with Gasteiger partial charge in [0.1, 0.15) is 0 Å². The summed E-state index contributed by atoms with van der Waals surface area (Å²) in [6.45, 7) is 3.13. The Hall–Kier alpha value is -0.900. The molecule has 1 aromatic heterocycles. The molecule has 1 saturated carbocycles. The SMILES string of the molecule is Cc1noc([C@H]2C[C@@H]3CC[C@H]2N(C)C3)n1. The van der Waals surface area contributed by atoms with Crippen LogP contribution in [0, 0.1) is 12.8 Å². The van der Waals surface area contributed by atoms with Crippen LogP contribution in [0.5, 0.6) is 0 Å². The lowest BCUT2D eigenvalue weighted by Gasteiger charge is -2.47. The molecular formula is C11H17N3O. The Labute approximate surface area is 89.6 Å². The minimum absolute atomic E-state index is 0.476. The highest BCUT2D eigenvalue weighted by Crippen LogP contribution is 2.42. The highest BCUT2D eigenvalue weighted by Gasteiger charge is 2.42. The third kappa shape index (κ3) is 1.47. The number of nitrogens with zero attached hydrogens (tertiary/aromatic N) is 3. The maximum Gasteiger partial charge on any atom is 0.231 e. The predicted octanol–water partition coefficient (Wildman–Crippen LogP) is 1.58. The summed E-state index contributed by atoms with van der Waals surface area (Å²) in [6, 6.07) is 0.620. The zero-order chi connectivity index (χ0) is 10.4. The van der Waals surface area contributed by atoms with E-state index in [1.165, 1.54) is 25.8 Å². The molecule has 2 aliphatic heterocycles. The maximum atomic E-state index is 5.32. The van der Waals surface area contributed by atoms with E-state index in [1.807, 2.05) is 6.92 Å². The lowest BCUT2D eigenvalue weighted by molar-refractivity contribution is 0.0403. The molecule has 0 unspecified atom stereocenters. The Balaban J connectivity index is 1.88. The molecule has 0 spiro atoms. The van der Waals surface area contributed by atoms with Crippen LogP contribution in [0.3, 0.4) is 0 Å². The molecule has 0 N–H and O–H groups in total. The van der Waals surface area contributed by atoms with Gasteiger partial charge in [0.05, 0.1) is 5.92 Å². The van der Waals surface area contributed by atoms with E-state index < -0.39 is 0 Å². The Kier molecular flexibility index (Phi) is 2.06. The van der Waals surface area contributed by atoms with Crippen molar-refractivity contribution in [3.8, 4) is 0 Å². The molecule has 2 saturated heterocycles. The van der Waals surface area contributed by atoms with Gasteiger partial charge < -0.3 is 9.42 Å². The molecule has 4 rings (SSSR count). The zero-order valence-electron chi connectivity index (χ0n) is 9.31. The summed E-state index contributed by atoms with van der Waals surface area (Å²) in [5.74, 6) is 2.92. The molecule has 1 aromatic rings. The molecule has 0 amide bonds. The second kappa shape index (κ2) is 3.30. The predicted molar refractivity (Wildman–Crippen MR) is 55.5 cm³/mol. The highest BCUT2D eigenvalue weighted by molar-refractivity contribution is 5.06. The van der Waals surface area contributed by atoms with Crippen LogP contribution in [-0.4, -0.2) is 34.7 Å². The molecule has 15 heavy (non-hydrogen) atoms. The van der Waals surface area contributed by atoms with Crippen molar-refractivity contribution in [2.45, 2.75) is 38.1 Å². The smallest absolute Gasteiger partial charge is 0.231 e. The van der Waals surface area contributed by atoms with Crippen molar-refractivity contribution in [1.29, 1.82) is 0 Å². The van der Waals surface area contributed by atoms with Crippen molar-refractivity contribution in [2.75, 3.05) is 13.6 Å². The fraction of sp³-hybridized carbons (Fsp3) is 0.818. The van der Waals surface area contributed by atoms with Crippen LogP contribution in [0.2, 0.25) is 0 Å². The van der Waals surface area contributed by atoms with Gasteiger partial charge in [0, 0.05) is 12.6 Å². The first-order valence-corrected chi connectivity index (χ1v) is 5.74. The number of piperidine rings is 2. The second-order valence-electron chi connectivity index (χ2n) is 4.97. The molecule has 4 heteroatoms. The molecule has 82 valence electrons. The van der Waals surface area contributed by atoms with E-state index in [2.05, 4.69) is 22.1 Å². The Morgan fingerprint density at radius 1 is 1.40 bits per heavy atom. The van der Waals surface area contributed by atoms with Crippen molar-refractivity contribution in [2.24, 2.45) is 5.92 Å².